The van der Waals surface area contributed by atoms with Gasteiger partial charge in [-0.3, -0.25) is 0 Å². The van der Waals surface area contributed by atoms with Gasteiger partial charge in [0.2, 0.25) is 0 Å². The summed E-state index contributed by atoms with van der Waals surface area (Å²) < 4.78 is 6.59. The molecule has 2 aliphatic rings. The lowest BCUT2D eigenvalue weighted by Gasteiger charge is -2.39. The third-order valence-corrected chi connectivity index (χ3v) is 6.35. The highest BCUT2D eigenvalue weighted by atomic mass is 35.5. The van der Waals surface area contributed by atoms with E-state index in [0.29, 0.717) is 5.92 Å². The van der Waals surface area contributed by atoms with E-state index in [4.69, 9.17) is 4.74 Å². The molecule has 2 atom stereocenters. The summed E-state index contributed by atoms with van der Waals surface area (Å²) in [5.41, 5.74) is 2.96. The van der Waals surface area contributed by atoms with Crippen molar-refractivity contribution in [1.82, 2.24) is 4.90 Å². The minimum atomic E-state index is 0. The third kappa shape index (κ3) is 4.50. The van der Waals surface area contributed by atoms with Gasteiger partial charge in [-0.05, 0) is 63.7 Å². The molecule has 2 aromatic carbocycles. The minimum absolute atomic E-state index is 0. The molecule has 1 fully saturated rings. The maximum Gasteiger partial charge on any atom is 0.123 e. The van der Waals surface area contributed by atoms with Crippen LogP contribution in [0.4, 0.5) is 0 Å². The first-order valence-electron chi connectivity index (χ1n) is 10.3. The summed E-state index contributed by atoms with van der Waals surface area (Å²) in [6.07, 6.45) is 8.71. The molecule has 0 radical (unpaired) electrons. The van der Waals surface area contributed by atoms with E-state index in [-0.39, 0.29) is 18.0 Å². The predicted molar refractivity (Wildman–Crippen MR) is 115 cm³/mol. The van der Waals surface area contributed by atoms with E-state index in [0.717, 1.165) is 25.3 Å². The number of para-hydroxylation sites is 1. The van der Waals surface area contributed by atoms with Crippen LogP contribution in [0.1, 0.15) is 55.6 Å². The molecule has 0 N–H and O–H groups in total. The first-order chi connectivity index (χ1) is 12.8. The van der Waals surface area contributed by atoms with Gasteiger partial charge in [-0.25, -0.2) is 0 Å². The van der Waals surface area contributed by atoms with Crippen LogP contribution in [-0.2, 0) is 6.42 Å². The van der Waals surface area contributed by atoms with Gasteiger partial charge in [0.25, 0.3) is 0 Å². The van der Waals surface area contributed by atoms with Crippen molar-refractivity contribution < 1.29 is 4.74 Å². The number of likely N-dealkylation sites (N-methyl/N-ethyl adjacent to an activating group) is 1. The number of nitrogens with zero attached hydrogens (tertiary/aromatic N) is 1. The molecule has 0 bridgehead atoms. The molecular formula is C24H32ClNO. The number of benzene rings is 2. The van der Waals surface area contributed by atoms with Crippen molar-refractivity contribution in [2.24, 2.45) is 0 Å². The van der Waals surface area contributed by atoms with Gasteiger partial charge in [-0.1, -0.05) is 55.0 Å². The first-order valence-corrected chi connectivity index (χ1v) is 10.3. The Balaban J connectivity index is 0.00000210. The minimum Gasteiger partial charge on any atom is -0.486 e. The molecule has 4 rings (SSSR count). The summed E-state index contributed by atoms with van der Waals surface area (Å²) in [5, 5.41) is 0. The fourth-order valence-electron chi connectivity index (χ4n) is 4.93. The quantitative estimate of drug-likeness (QED) is 0.592. The molecule has 146 valence electrons. The maximum atomic E-state index is 6.59. The number of hydrogen-bond donors (Lipinski definition) is 0. The van der Waals surface area contributed by atoms with Gasteiger partial charge in [-0.2, -0.15) is 0 Å². The second-order valence-electron chi connectivity index (χ2n) is 8.15. The highest BCUT2D eigenvalue weighted by Crippen LogP contribution is 2.53. The second-order valence-corrected chi connectivity index (χ2v) is 8.15. The Hall–Kier alpha value is -1.51. The lowest BCUT2D eigenvalue weighted by molar-refractivity contribution is 0.0235. The van der Waals surface area contributed by atoms with E-state index in [1.807, 2.05) is 0 Å². The van der Waals surface area contributed by atoms with Gasteiger partial charge in [0.15, 0.2) is 0 Å². The van der Waals surface area contributed by atoms with Crippen molar-refractivity contribution >= 4 is 12.4 Å². The molecule has 1 aliphatic heterocycles. The molecule has 27 heavy (non-hydrogen) atoms. The zero-order chi connectivity index (χ0) is 17.8. The van der Waals surface area contributed by atoms with Crippen molar-refractivity contribution in [1.29, 1.82) is 0 Å². The Kier molecular flexibility index (Phi) is 6.83. The molecule has 0 amide bonds. The summed E-state index contributed by atoms with van der Waals surface area (Å²) in [6, 6.07) is 19.5. The van der Waals surface area contributed by atoms with Gasteiger partial charge in [0.05, 0.1) is 0 Å². The summed E-state index contributed by atoms with van der Waals surface area (Å²) in [4.78, 5) is 2.48. The third-order valence-electron chi connectivity index (χ3n) is 6.35. The standard InChI is InChI=1S/C24H31NO.ClH/c1-25(19-15-20-10-3-2-4-11-20)18-9-17-24-16-8-7-13-22(24)21-12-5-6-14-23(21)26-24;/h2-6,10-12,14,22H,7-9,13,15-19H2,1H3;1H. The van der Waals surface area contributed by atoms with Crippen LogP contribution >= 0.6 is 12.4 Å². The van der Waals surface area contributed by atoms with Crippen molar-refractivity contribution in [2.75, 3.05) is 20.1 Å². The number of halogens is 1. The van der Waals surface area contributed by atoms with Crippen LogP contribution in [0.3, 0.4) is 0 Å². The second kappa shape index (κ2) is 9.12. The number of rotatable bonds is 7. The van der Waals surface area contributed by atoms with Gasteiger partial charge < -0.3 is 9.64 Å². The molecule has 2 unspecified atom stereocenters. The summed E-state index contributed by atoms with van der Waals surface area (Å²) in [6.45, 7) is 2.28. The van der Waals surface area contributed by atoms with Gasteiger partial charge in [0, 0.05) is 18.0 Å². The largest absolute Gasteiger partial charge is 0.486 e. The molecule has 2 aromatic rings. The Morgan fingerprint density at radius 3 is 2.63 bits per heavy atom. The topological polar surface area (TPSA) is 12.5 Å². The van der Waals surface area contributed by atoms with Crippen LogP contribution in [0.25, 0.3) is 0 Å². The van der Waals surface area contributed by atoms with Crippen molar-refractivity contribution in [3.05, 3.63) is 65.7 Å². The molecule has 2 nitrogen and oxygen atoms in total. The van der Waals surface area contributed by atoms with Crippen LogP contribution in [-0.4, -0.2) is 30.6 Å². The van der Waals surface area contributed by atoms with E-state index in [2.05, 4.69) is 66.5 Å². The lowest BCUT2D eigenvalue weighted by Crippen LogP contribution is -2.41. The van der Waals surface area contributed by atoms with Crippen LogP contribution in [0.2, 0.25) is 0 Å². The number of ether oxygens (including phenoxy) is 1. The van der Waals surface area contributed by atoms with Crippen LogP contribution in [0.15, 0.2) is 54.6 Å². The average Bonchev–Trinajstić information content (AvgIpc) is 3.01. The number of fused-ring (bicyclic) bond motifs is 3. The van der Waals surface area contributed by atoms with E-state index < -0.39 is 0 Å². The zero-order valence-corrected chi connectivity index (χ0v) is 17.2. The zero-order valence-electron chi connectivity index (χ0n) is 16.4. The predicted octanol–water partition coefficient (Wildman–Crippen LogP) is 5.85. The Bertz CT molecular complexity index is 719. The Labute approximate surface area is 170 Å². The smallest absolute Gasteiger partial charge is 0.123 e. The highest BCUT2D eigenvalue weighted by molar-refractivity contribution is 5.85. The Morgan fingerprint density at radius 2 is 1.78 bits per heavy atom. The van der Waals surface area contributed by atoms with Crippen molar-refractivity contribution in [3.63, 3.8) is 0 Å². The molecule has 0 aromatic heterocycles. The van der Waals surface area contributed by atoms with Crippen LogP contribution in [0.5, 0.6) is 5.75 Å². The molecule has 1 saturated carbocycles. The maximum absolute atomic E-state index is 6.59. The van der Waals surface area contributed by atoms with Crippen LogP contribution in [0, 0.1) is 0 Å². The molecule has 0 saturated heterocycles. The summed E-state index contributed by atoms with van der Waals surface area (Å²) in [5.74, 6) is 1.76. The van der Waals surface area contributed by atoms with Crippen LogP contribution < -0.4 is 4.74 Å². The highest BCUT2D eigenvalue weighted by Gasteiger charge is 2.48. The summed E-state index contributed by atoms with van der Waals surface area (Å²) in [7, 11) is 2.25. The average molecular weight is 386 g/mol. The lowest BCUT2D eigenvalue weighted by atomic mass is 9.71. The summed E-state index contributed by atoms with van der Waals surface area (Å²) >= 11 is 0. The molecule has 1 aliphatic carbocycles. The van der Waals surface area contributed by atoms with Gasteiger partial charge in [-0.15, -0.1) is 12.4 Å². The van der Waals surface area contributed by atoms with E-state index in [1.54, 1.807) is 0 Å². The number of hydrogen-bond acceptors (Lipinski definition) is 2. The fourth-order valence-corrected chi connectivity index (χ4v) is 4.93. The van der Waals surface area contributed by atoms with Gasteiger partial charge in [0.1, 0.15) is 11.4 Å². The monoisotopic (exact) mass is 385 g/mol. The first kappa shape index (κ1) is 20.2. The normalized spacial score (nSPS) is 23.3. The Morgan fingerprint density at radius 1 is 1.00 bits per heavy atom. The fraction of sp³-hybridized carbons (Fsp3) is 0.500. The van der Waals surface area contributed by atoms with Crippen molar-refractivity contribution in [2.45, 2.75) is 56.5 Å². The van der Waals surface area contributed by atoms with Crippen molar-refractivity contribution in [3.8, 4) is 5.75 Å². The van der Waals surface area contributed by atoms with Gasteiger partial charge >= 0.3 is 0 Å². The van der Waals surface area contributed by atoms with E-state index in [9.17, 15) is 0 Å². The SMILES string of the molecule is CN(CCCC12CCCCC1c1ccccc1O2)CCc1ccccc1.Cl. The molecule has 3 heteroatoms. The molecular weight excluding hydrogens is 354 g/mol. The molecule has 1 heterocycles. The van der Waals surface area contributed by atoms with E-state index >= 15 is 0 Å². The molecule has 0 spiro atoms. The van der Waals surface area contributed by atoms with E-state index in [1.165, 1.54) is 49.7 Å².